The minimum absolute atomic E-state index is 0.221. The van der Waals surface area contributed by atoms with Crippen molar-refractivity contribution in [3.8, 4) is 0 Å². The minimum Gasteiger partial charge on any atom is -0.481 e. The molecular formula is C6H10N2O4. The standard InChI is InChI=1S/C6H10N2O4/c7-4(8)1-3(6(11)12)2-5(9)10/h3H,1-2H2,(H3,7,8)(H,9,10)(H,11,12). The Bertz CT molecular complexity index is 198. The van der Waals surface area contributed by atoms with Gasteiger partial charge in [-0.05, 0) is 0 Å². The van der Waals surface area contributed by atoms with Crippen molar-refractivity contribution in [1.82, 2.24) is 0 Å². The molecule has 0 aliphatic rings. The van der Waals surface area contributed by atoms with E-state index >= 15 is 0 Å². The van der Waals surface area contributed by atoms with E-state index in [-0.39, 0.29) is 12.3 Å². The molecule has 0 saturated carbocycles. The summed E-state index contributed by atoms with van der Waals surface area (Å²) in [4.78, 5) is 20.5. The Morgan fingerprint density at radius 2 is 1.83 bits per heavy atom. The molecular weight excluding hydrogens is 164 g/mol. The summed E-state index contributed by atoms with van der Waals surface area (Å²) in [5, 5.41) is 23.5. The van der Waals surface area contributed by atoms with Gasteiger partial charge in [0, 0.05) is 6.42 Å². The van der Waals surface area contributed by atoms with E-state index < -0.39 is 24.3 Å². The maximum atomic E-state index is 10.4. The normalized spacial score (nSPS) is 12.0. The number of aliphatic carboxylic acids is 2. The molecule has 0 aromatic carbocycles. The van der Waals surface area contributed by atoms with Crippen LogP contribution >= 0.6 is 0 Å². The maximum Gasteiger partial charge on any atom is 0.307 e. The van der Waals surface area contributed by atoms with E-state index in [1.807, 2.05) is 0 Å². The smallest absolute Gasteiger partial charge is 0.307 e. The van der Waals surface area contributed by atoms with Crippen LogP contribution in [0.2, 0.25) is 0 Å². The van der Waals surface area contributed by atoms with Crippen molar-refractivity contribution < 1.29 is 19.8 Å². The Kier molecular flexibility index (Phi) is 3.75. The van der Waals surface area contributed by atoms with E-state index in [9.17, 15) is 9.59 Å². The average molecular weight is 174 g/mol. The Morgan fingerprint density at radius 1 is 1.33 bits per heavy atom. The third-order valence-corrected chi connectivity index (χ3v) is 1.24. The molecule has 68 valence electrons. The van der Waals surface area contributed by atoms with Crippen LogP contribution in [0.15, 0.2) is 0 Å². The summed E-state index contributed by atoms with van der Waals surface area (Å²) in [6, 6.07) is 0. The highest BCUT2D eigenvalue weighted by molar-refractivity contribution is 5.85. The molecule has 0 aromatic heterocycles. The second-order valence-electron chi connectivity index (χ2n) is 2.36. The van der Waals surface area contributed by atoms with E-state index in [1.165, 1.54) is 0 Å². The lowest BCUT2D eigenvalue weighted by atomic mass is 10.0. The summed E-state index contributed by atoms with van der Waals surface area (Å²) in [6.45, 7) is 0. The number of nitrogens with one attached hydrogen (secondary N) is 1. The number of amidine groups is 1. The van der Waals surface area contributed by atoms with Gasteiger partial charge >= 0.3 is 11.9 Å². The summed E-state index contributed by atoms with van der Waals surface area (Å²) in [7, 11) is 0. The largest absolute Gasteiger partial charge is 0.481 e. The topological polar surface area (TPSA) is 124 Å². The van der Waals surface area contributed by atoms with Crippen molar-refractivity contribution in [2.75, 3.05) is 0 Å². The molecule has 1 unspecified atom stereocenters. The van der Waals surface area contributed by atoms with Crippen LogP contribution < -0.4 is 5.73 Å². The second-order valence-corrected chi connectivity index (χ2v) is 2.36. The predicted molar refractivity (Wildman–Crippen MR) is 39.9 cm³/mol. The van der Waals surface area contributed by atoms with E-state index in [1.54, 1.807) is 0 Å². The van der Waals surface area contributed by atoms with Crippen molar-refractivity contribution in [3.05, 3.63) is 0 Å². The SMILES string of the molecule is N=C(N)CC(CC(=O)O)C(=O)O. The summed E-state index contributed by atoms with van der Waals surface area (Å²) in [5.74, 6) is -3.86. The average Bonchev–Trinajstić information content (AvgIpc) is 1.83. The van der Waals surface area contributed by atoms with Gasteiger partial charge in [-0.25, -0.2) is 0 Å². The molecule has 6 nitrogen and oxygen atoms in total. The van der Waals surface area contributed by atoms with Crippen LogP contribution in [0.5, 0.6) is 0 Å². The number of carbonyl (C=O) groups is 2. The fourth-order valence-corrected chi connectivity index (χ4v) is 0.723. The summed E-state index contributed by atoms with van der Waals surface area (Å²) >= 11 is 0. The van der Waals surface area contributed by atoms with Crippen LogP contribution in [0, 0.1) is 11.3 Å². The van der Waals surface area contributed by atoms with Gasteiger partial charge in [-0.15, -0.1) is 0 Å². The Hall–Kier alpha value is -1.59. The van der Waals surface area contributed by atoms with E-state index in [2.05, 4.69) is 0 Å². The Balaban J connectivity index is 4.14. The number of nitrogens with two attached hydrogens (primary N) is 1. The first-order chi connectivity index (χ1) is 5.43. The molecule has 0 rings (SSSR count). The quantitative estimate of drug-likeness (QED) is 0.330. The van der Waals surface area contributed by atoms with Gasteiger partial charge in [0.15, 0.2) is 0 Å². The van der Waals surface area contributed by atoms with E-state index in [0.29, 0.717) is 0 Å². The van der Waals surface area contributed by atoms with Crippen molar-refractivity contribution in [1.29, 1.82) is 5.41 Å². The van der Waals surface area contributed by atoms with Crippen LogP contribution in [-0.2, 0) is 9.59 Å². The predicted octanol–water partition coefficient (Wildman–Crippen LogP) is -0.512. The number of hydrogen-bond donors (Lipinski definition) is 4. The van der Waals surface area contributed by atoms with Crippen LogP contribution in [0.4, 0.5) is 0 Å². The summed E-state index contributed by atoms with van der Waals surface area (Å²) < 4.78 is 0. The first kappa shape index (κ1) is 10.4. The molecule has 0 bridgehead atoms. The number of hydrogen-bond acceptors (Lipinski definition) is 3. The van der Waals surface area contributed by atoms with Gasteiger partial charge in [0.05, 0.1) is 18.2 Å². The third-order valence-electron chi connectivity index (χ3n) is 1.24. The molecule has 0 radical (unpaired) electrons. The number of carboxylic acid groups (broad SMARTS) is 2. The molecule has 0 aromatic rings. The fraction of sp³-hybridized carbons (Fsp3) is 0.500. The van der Waals surface area contributed by atoms with Gasteiger partial charge in [0.25, 0.3) is 0 Å². The van der Waals surface area contributed by atoms with Crippen LogP contribution in [-0.4, -0.2) is 28.0 Å². The monoisotopic (exact) mass is 174 g/mol. The highest BCUT2D eigenvalue weighted by Crippen LogP contribution is 2.08. The Morgan fingerprint density at radius 3 is 2.08 bits per heavy atom. The highest BCUT2D eigenvalue weighted by Gasteiger charge is 2.21. The maximum absolute atomic E-state index is 10.4. The lowest BCUT2D eigenvalue weighted by Crippen LogP contribution is -2.24. The lowest BCUT2D eigenvalue weighted by molar-refractivity contribution is -0.148. The fourth-order valence-electron chi connectivity index (χ4n) is 0.723. The van der Waals surface area contributed by atoms with E-state index in [4.69, 9.17) is 21.4 Å². The van der Waals surface area contributed by atoms with Gasteiger partial charge in [-0.2, -0.15) is 0 Å². The van der Waals surface area contributed by atoms with Crippen molar-refractivity contribution in [2.24, 2.45) is 11.7 Å². The van der Waals surface area contributed by atoms with E-state index in [0.717, 1.165) is 0 Å². The third kappa shape index (κ3) is 4.26. The molecule has 12 heavy (non-hydrogen) atoms. The molecule has 0 aliphatic heterocycles. The van der Waals surface area contributed by atoms with Gasteiger partial charge in [-0.1, -0.05) is 0 Å². The zero-order valence-electron chi connectivity index (χ0n) is 6.28. The van der Waals surface area contributed by atoms with Crippen LogP contribution in [0.1, 0.15) is 12.8 Å². The minimum atomic E-state index is -1.24. The molecule has 0 amide bonds. The zero-order valence-corrected chi connectivity index (χ0v) is 6.28. The van der Waals surface area contributed by atoms with Gasteiger partial charge in [-0.3, -0.25) is 15.0 Å². The molecule has 1 atom stereocenters. The summed E-state index contributed by atoms with van der Waals surface area (Å²) in [6.07, 6.45) is -0.726. The molecule has 0 saturated heterocycles. The number of rotatable bonds is 5. The van der Waals surface area contributed by atoms with Crippen molar-refractivity contribution in [2.45, 2.75) is 12.8 Å². The first-order valence-corrected chi connectivity index (χ1v) is 3.21. The zero-order chi connectivity index (χ0) is 9.72. The molecule has 0 heterocycles. The van der Waals surface area contributed by atoms with Gasteiger partial charge in [0.2, 0.25) is 0 Å². The number of carboxylic acids is 2. The molecule has 5 N–H and O–H groups in total. The lowest BCUT2D eigenvalue weighted by Gasteiger charge is -2.07. The summed E-state index contributed by atoms with van der Waals surface area (Å²) in [5.41, 5.74) is 4.93. The molecule has 0 fully saturated rings. The van der Waals surface area contributed by atoms with Gasteiger partial charge in [0.1, 0.15) is 0 Å². The second kappa shape index (κ2) is 4.32. The van der Waals surface area contributed by atoms with Crippen molar-refractivity contribution >= 4 is 17.8 Å². The molecule has 0 spiro atoms. The Labute approximate surface area is 68.5 Å². The first-order valence-electron chi connectivity index (χ1n) is 3.21. The molecule has 6 heteroatoms. The van der Waals surface area contributed by atoms with Crippen LogP contribution in [0.25, 0.3) is 0 Å². The van der Waals surface area contributed by atoms with Gasteiger partial charge < -0.3 is 15.9 Å². The molecule has 0 aliphatic carbocycles. The van der Waals surface area contributed by atoms with Crippen molar-refractivity contribution in [3.63, 3.8) is 0 Å². The van der Waals surface area contributed by atoms with Crippen LogP contribution in [0.3, 0.4) is 0 Å². The highest BCUT2D eigenvalue weighted by atomic mass is 16.4.